The lowest BCUT2D eigenvalue weighted by molar-refractivity contribution is -0.120. The molecule has 0 spiro atoms. The fraction of sp³-hybridized carbons (Fsp3) is 0.455. The van der Waals surface area contributed by atoms with Crippen molar-refractivity contribution in [2.45, 2.75) is 51.0 Å². The van der Waals surface area contributed by atoms with Gasteiger partial charge in [-0.25, -0.2) is 0 Å². The topological polar surface area (TPSA) is 67.4 Å². The molecule has 0 saturated heterocycles. The Balaban J connectivity index is 1.48. The molecule has 1 aliphatic rings. The molecule has 1 saturated carbocycles. The van der Waals surface area contributed by atoms with Gasteiger partial charge in [-0.3, -0.25) is 9.59 Å². The van der Waals surface area contributed by atoms with Crippen LogP contribution in [0.4, 0.5) is 0 Å². The third-order valence-corrected chi connectivity index (χ3v) is 6.24. The summed E-state index contributed by atoms with van der Waals surface area (Å²) >= 11 is 1.76. The van der Waals surface area contributed by atoms with Crippen LogP contribution in [0.5, 0.6) is 5.75 Å². The van der Waals surface area contributed by atoms with Gasteiger partial charge in [0.1, 0.15) is 5.75 Å². The van der Waals surface area contributed by atoms with Gasteiger partial charge >= 0.3 is 0 Å². The number of hydrogen-bond donors (Lipinski definition) is 2. The highest BCUT2D eigenvalue weighted by molar-refractivity contribution is 7.10. The maximum absolute atomic E-state index is 12.3. The van der Waals surface area contributed by atoms with Crippen LogP contribution in [0.15, 0.2) is 41.8 Å². The van der Waals surface area contributed by atoms with Crippen molar-refractivity contribution < 1.29 is 14.3 Å². The van der Waals surface area contributed by atoms with E-state index in [0.29, 0.717) is 12.1 Å². The Bertz CT molecular complexity index is 779. The van der Waals surface area contributed by atoms with E-state index >= 15 is 0 Å². The third kappa shape index (κ3) is 5.13. The molecule has 3 rings (SSSR count). The van der Waals surface area contributed by atoms with Crippen molar-refractivity contribution in [1.29, 1.82) is 0 Å². The largest absolute Gasteiger partial charge is 0.491 e. The van der Waals surface area contributed by atoms with Crippen LogP contribution in [0.25, 0.3) is 0 Å². The molecule has 1 aliphatic carbocycles. The molecule has 0 aliphatic heterocycles. The molecule has 2 aromatic rings. The molecule has 1 fully saturated rings. The summed E-state index contributed by atoms with van der Waals surface area (Å²) in [5.41, 5.74) is 0.565. The van der Waals surface area contributed by atoms with Crippen molar-refractivity contribution in [3.63, 3.8) is 0 Å². The summed E-state index contributed by atoms with van der Waals surface area (Å²) in [6.07, 6.45) is 4.68. The molecular formula is C22H28N2O3S. The van der Waals surface area contributed by atoms with Gasteiger partial charge < -0.3 is 15.4 Å². The first-order valence-electron chi connectivity index (χ1n) is 9.84. The van der Waals surface area contributed by atoms with Gasteiger partial charge in [0.15, 0.2) is 0 Å². The minimum atomic E-state index is -0.264. The zero-order valence-corrected chi connectivity index (χ0v) is 17.3. The van der Waals surface area contributed by atoms with Crippen LogP contribution >= 0.6 is 11.3 Å². The fourth-order valence-corrected chi connectivity index (χ4v) is 4.68. The van der Waals surface area contributed by atoms with Gasteiger partial charge in [-0.15, -0.1) is 11.3 Å². The molecule has 2 amide bonds. The molecule has 1 heterocycles. The van der Waals surface area contributed by atoms with E-state index < -0.39 is 0 Å². The average molecular weight is 401 g/mol. The van der Waals surface area contributed by atoms with Gasteiger partial charge in [0.05, 0.1) is 12.6 Å². The van der Waals surface area contributed by atoms with E-state index in [-0.39, 0.29) is 29.9 Å². The summed E-state index contributed by atoms with van der Waals surface area (Å²) in [4.78, 5) is 25.9. The highest BCUT2D eigenvalue weighted by atomic mass is 32.1. The summed E-state index contributed by atoms with van der Waals surface area (Å²) in [6, 6.07) is 11.2. The fourth-order valence-electron chi connectivity index (χ4n) is 3.69. The quantitative estimate of drug-likeness (QED) is 0.706. The first kappa shape index (κ1) is 20.4. The van der Waals surface area contributed by atoms with Crippen LogP contribution in [0.1, 0.15) is 54.8 Å². The van der Waals surface area contributed by atoms with Crippen molar-refractivity contribution >= 4 is 23.2 Å². The molecule has 150 valence electrons. The van der Waals surface area contributed by atoms with Crippen LogP contribution in [0.2, 0.25) is 0 Å². The van der Waals surface area contributed by atoms with Crippen LogP contribution in [-0.4, -0.2) is 31.0 Å². The van der Waals surface area contributed by atoms with E-state index in [1.54, 1.807) is 35.6 Å². The van der Waals surface area contributed by atoms with Crippen molar-refractivity contribution in [2.75, 3.05) is 13.1 Å². The second-order valence-corrected chi connectivity index (χ2v) is 8.56. The van der Waals surface area contributed by atoms with Gasteiger partial charge in [0.2, 0.25) is 5.91 Å². The second kappa shape index (κ2) is 9.24. The van der Waals surface area contributed by atoms with Crippen LogP contribution in [-0.2, 0) is 10.2 Å². The number of thiophene rings is 1. The maximum atomic E-state index is 12.3. The minimum Gasteiger partial charge on any atom is -0.491 e. The number of ether oxygens (including phenoxy) is 1. The lowest BCUT2D eigenvalue weighted by atomic mass is 9.84. The Morgan fingerprint density at radius 2 is 1.82 bits per heavy atom. The third-order valence-electron chi connectivity index (χ3n) is 5.13. The summed E-state index contributed by atoms with van der Waals surface area (Å²) in [6.45, 7) is 4.51. The molecule has 28 heavy (non-hydrogen) atoms. The highest BCUT2D eigenvalue weighted by Crippen LogP contribution is 2.42. The predicted octanol–water partition coefficient (Wildman–Crippen LogP) is 3.89. The molecular weight excluding hydrogens is 372 g/mol. The zero-order chi connectivity index (χ0) is 20.0. The monoisotopic (exact) mass is 400 g/mol. The Labute approximate surface area is 170 Å². The second-order valence-electron chi connectivity index (χ2n) is 7.62. The van der Waals surface area contributed by atoms with Crippen LogP contribution in [0.3, 0.4) is 0 Å². The van der Waals surface area contributed by atoms with E-state index in [1.807, 2.05) is 13.8 Å². The van der Waals surface area contributed by atoms with Crippen LogP contribution < -0.4 is 15.4 Å². The first-order valence-corrected chi connectivity index (χ1v) is 10.7. The van der Waals surface area contributed by atoms with Gasteiger partial charge in [0, 0.05) is 22.4 Å². The Morgan fingerprint density at radius 1 is 1.11 bits per heavy atom. The molecule has 0 unspecified atom stereocenters. The van der Waals surface area contributed by atoms with E-state index in [9.17, 15) is 9.59 Å². The molecule has 0 radical (unpaired) electrons. The first-order chi connectivity index (χ1) is 13.5. The molecule has 5 nitrogen and oxygen atoms in total. The number of benzene rings is 1. The van der Waals surface area contributed by atoms with Gasteiger partial charge in [0.25, 0.3) is 5.91 Å². The van der Waals surface area contributed by atoms with Crippen LogP contribution in [0, 0.1) is 0 Å². The minimum absolute atomic E-state index is 0.0242. The summed E-state index contributed by atoms with van der Waals surface area (Å²) in [7, 11) is 0. The smallest absolute Gasteiger partial charge is 0.251 e. The number of carbonyl (C=O) groups excluding carboxylic acids is 2. The lowest BCUT2D eigenvalue weighted by Gasteiger charge is -2.28. The Kier molecular flexibility index (Phi) is 6.73. The normalized spacial score (nSPS) is 15.4. The molecule has 2 N–H and O–H groups in total. The Morgan fingerprint density at radius 3 is 2.43 bits per heavy atom. The summed E-state index contributed by atoms with van der Waals surface area (Å²) < 4.78 is 5.57. The van der Waals surface area contributed by atoms with E-state index in [2.05, 4.69) is 28.1 Å². The van der Waals surface area contributed by atoms with E-state index in [4.69, 9.17) is 4.74 Å². The number of carbonyl (C=O) groups is 2. The number of nitrogens with one attached hydrogen (secondary N) is 2. The standard InChI is InChI=1S/C22H28N2O3S/c1-16(2)27-18-9-7-17(8-10-18)21(26)23-14-20(25)24-15-22(11-3-4-12-22)19-6-5-13-28-19/h5-10,13,16H,3-4,11-12,14-15H2,1-2H3,(H,23,26)(H,24,25). The number of amides is 2. The van der Waals surface area contributed by atoms with E-state index in [0.717, 1.165) is 18.6 Å². The van der Waals surface area contributed by atoms with Gasteiger partial charge in [-0.1, -0.05) is 18.9 Å². The zero-order valence-electron chi connectivity index (χ0n) is 16.5. The van der Waals surface area contributed by atoms with Crippen molar-refractivity contribution in [3.8, 4) is 5.75 Å². The molecule has 1 aromatic heterocycles. The van der Waals surface area contributed by atoms with Crippen molar-refractivity contribution in [1.82, 2.24) is 10.6 Å². The van der Waals surface area contributed by atoms with Gasteiger partial charge in [-0.2, -0.15) is 0 Å². The molecule has 6 heteroatoms. The summed E-state index contributed by atoms with van der Waals surface area (Å²) in [5, 5.41) is 7.81. The SMILES string of the molecule is CC(C)Oc1ccc(C(=O)NCC(=O)NCC2(c3cccs3)CCCC2)cc1. The average Bonchev–Trinajstić information content (AvgIpc) is 3.37. The summed E-state index contributed by atoms with van der Waals surface area (Å²) in [5.74, 6) is 0.302. The molecule has 0 atom stereocenters. The lowest BCUT2D eigenvalue weighted by Crippen LogP contribution is -2.43. The number of hydrogen-bond acceptors (Lipinski definition) is 4. The van der Waals surface area contributed by atoms with Crippen molar-refractivity contribution in [2.24, 2.45) is 0 Å². The van der Waals surface area contributed by atoms with Crippen molar-refractivity contribution in [3.05, 3.63) is 52.2 Å². The Hall–Kier alpha value is -2.34. The molecule has 1 aromatic carbocycles. The van der Waals surface area contributed by atoms with E-state index in [1.165, 1.54) is 17.7 Å². The maximum Gasteiger partial charge on any atom is 0.251 e. The number of rotatable bonds is 8. The highest BCUT2D eigenvalue weighted by Gasteiger charge is 2.36. The predicted molar refractivity (Wildman–Crippen MR) is 112 cm³/mol. The van der Waals surface area contributed by atoms with Gasteiger partial charge in [-0.05, 0) is 62.4 Å². The molecule has 0 bridgehead atoms.